The summed E-state index contributed by atoms with van der Waals surface area (Å²) in [6, 6.07) is 15.9. The zero-order valence-electron chi connectivity index (χ0n) is 15.2. The van der Waals surface area contributed by atoms with Gasteiger partial charge in [-0.05, 0) is 36.2 Å². The minimum Gasteiger partial charge on any atom is -0.383 e. The number of nitrogens with one attached hydrogen (secondary N) is 2. The standard InChI is InChI=1S/C20H19N7O/c1-12-17(18(22)27-19(23)25-12)15-7-5-13(6-8-15)11-24-20(28)26-16-4-2-3-14(9-16)10-21/h2-9H,11H2,1H3,(H2,24,26,28)(H4,22,23,25,27). The number of nitrogens with zero attached hydrogens (tertiary/aromatic N) is 3. The van der Waals surface area contributed by atoms with Gasteiger partial charge in [0.1, 0.15) is 5.82 Å². The first-order valence-electron chi connectivity index (χ1n) is 8.50. The van der Waals surface area contributed by atoms with Gasteiger partial charge in [-0.15, -0.1) is 0 Å². The summed E-state index contributed by atoms with van der Waals surface area (Å²) in [5.74, 6) is 0.473. The second-order valence-corrected chi connectivity index (χ2v) is 6.12. The molecule has 0 bridgehead atoms. The van der Waals surface area contributed by atoms with Crippen molar-refractivity contribution in [2.45, 2.75) is 13.5 Å². The Kier molecular flexibility index (Phi) is 5.37. The molecule has 0 aliphatic carbocycles. The van der Waals surface area contributed by atoms with Crippen LogP contribution in [0.2, 0.25) is 0 Å². The zero-order valence-corrected chi connectivity index (χ0v) is 15.2. The van der Waals surface area contributed by atoms with Crippen molar-refractivity contribution in [3.05, 3.63) is 65.4 Å². The molecule has 0 aliphatic heterocycles. The largest absolute Gasteiger partial charge is 0.383 e. The first kappa shape index (κ1) is 18.7. The number of carbonyl (C=O) groups excluding carboxylic acids is 1. The topological polar surface area (TPSA) is 143 Å². The lowest BCUT2D eigenvalue weighted by molar-refractivity contribution is 0.251. The maximum absolute atomic E-state index is 12.0. The molecule has 8 heteroatoms. The first-order valence-corrected chi connectivity index (χ1v) is 8.50. The van der Waals surface area contributed by atoms with E-state index in [1.165, 1.54) is 0 Å². The molecule has 8 nitrogen and oxygen atoms in total. The lowest BCUT2D eigenvalue weighted by Crippen LogP contribution is -2.28. The zero-order chi connectivity index (χ0) is 20.1. The minimum atomic E-state index is -0.355. The van der Waals surface area contributed by atoms with Gasteiger partial charge in [-0.1, -0.05) is 30.3 Å². The Morgan fingerprint density at radius 3 is 2.57 bits per heavy atom. The van der Waals surface area contributed by atoms with Crippen LogP contribution >= 0.6 is 0 Å². The molecule has 2 amide bonds. The van der Waals surface area contributed by atoms with Gasteiger partial charge in [0.15, 0.2) is 0 Å². The summed E-state index contributed by atoms with van der Waals surface area (Å²) in [5, 5.41) is 14.4. The molecule has 0 fully saturated rings. The number of benzene rings is 2. The van der Waals surface area contributed by atoms with Crippen molar-refractivity contribution in [1.82, 2.24) is 15.3 Å². The summed E-state index contributed by atoms with van der Waals surface area (Å²) >= 11 is 0. The summed E-state index contributed by atoms with van der Waals surface area (Å²) in [6.07, 6.45) is 0. The number of anilines is 3. The van der Waals surface area contributed by atoms with Crippen LogP contribution < -0.4 is 22.1 Å². The average Bonchev–Trinajstić information content (AvgIpc) is 2.67. The minimum absolute atomic E-state index is 0.144. The van der Waals surface area contributed by atoms with Crippen LogP contribution in [0.3, 0.4) is 0 Å². The first-order chi connectivity index (χ1) is 13.5. The van der Waals surface area contributed by atoms with Gasteiger partial charge >= 0.3 is 6.03 Å². The Balaban J connectivity index is 1.63. The van der Waals surface area contributed by atoms with E-state index in [4.69, 9.17) is 16.7 Å². The van der Waals surface area contributed by atoms with Crippen molar-refractivity contribution in [1.29, 1.82) is 5.26 Å². The van der Waals surface area contributed by atoms with Gasteiger partial charge in [-0.3, -0.25) is 0 Å². The van der Waals surface area contributed by atoms with Gasteiger partial charge in [0.2, 0.25) is 5.95 Å². The van der Waals surface area contributed by atoms with Gasteiger partial charge in [0, 0.05) is 17.8 Å². The van der Waals surface area contributed by atoms with E-state index in [2.05, 4.69) is 20.6 Å². The molecule has 2 aromatic carbocycles. The van der Waals surface area contributed by atoms with E-state index in [1.807, 2.05) is 37.3 Å². The van der Waals surface area contributed by atoms with E-state index in [1.54, 1.807) is 24.3 Å². The Labute approximate surface area is 162 Å². The van der Waals surface area contributed by atoms with Gasteiger partial charge in [0.25, 0.3) is 0 Å². The van der Waals surface area contributed by atoms with Crippen molar-refractivity contribution in [2.75, 3.05) is 16.8 Å². The van der Waals surface area contributed by atoms with Crippen LogP contribution in [0.1, 0.15) is 16.8 Å². The van der Waals surface area contributed by atoms with Crippen LogP contribution in [0.25, 0.3) is 11.1 Å². The quantitative estimate of drug-likeness (QED) is 0.554. The number of nitriles is 1. The number of rotatable bonds is 4. The molecule has 0 unspecified atom stereocenters. The second-order valence-electron chi connectivity index (χ2n) is 6.12. The van der Waals surface area contributed by atoms with Gasteiger partial charge in [-0.25, -0.2) is 9.78 Å². The number of urea groups is 1. The molecule has 0 spiro atoms. The molecule has 0 atom stereocenters. The number of nitrogen functional groups attached to an aromatic ring is 2. The van der Waals surface area contributed by atoms with Gasteiger partial charge < -0.3 is 22.1 Å². The summed E-state index contributed by atoms with van der Waals surface area (Å²) in [5.41, 5.74) is 15.8. The van der Waals surface area contributed by atoms with E-state index < -0.39 is 0 Å². The predicted molar refractivity (Wildman–Crippen MR) is 108 cm³/mol. The lowest BCUT2D eigenvalue weighted by Gasteiger charge is -2.11. The van der Waals surface area contributed by atoms with E-state index in [0.717, 1.165) is 16.7 Å². The smallest absolute Gasteiger partial charge is 0.319 e. The Bertz CT molecular complexity index is 1030. The third-order valence-corrected chi connectivity index (χ3v) is 4.08. The molecule has 3 aromatic rings. The molecule has 6 N–H and O–H groups in total. The van der Waals surface area contributed by atoms with Crippen LogP contribution in [0.5, 0.6) is 0 Å². The van der Waals surface area contributed by atoms with Crippen molar-refractivity contribution in [2.24, 2.45) is 0 Å². The van der Waals surface area contributed by atoms with Crippen LogP contribution in [0.15, 0.2) is 48.5 Å². The molecule has 3 rings (SSSR count). The number of nitrogens with two attached hydrogens (primary N) is 2. The predicted octanol–water partition coefficient (Wildman–Crippen LogP) is 2.81. The highest BCUT2D eigenvalue weighted by Gasteiger charge is 2.10. The van der Waals surface area contributed by atoms with Crippen molar-refractivity contribution in [3.63, 3.8) is 0 Å². The molecule has 0 radical (unpaired) electrons. The molecule has 140 valence electrons. The van der Waals surface area contributed by atoms with Crippen LogP contribution in [-0.2, 0) is 6.54 Å². The van der Waals surface area contributed by atoms with Crippen LogP contribution in [-0.4, -0.2) is 16.0 Å². The summed E-state index contributed by atoms with van der Waals surface area (Å²) in [7, 11) is 0. The highest BCUT2D eigenvalue weighted by molar-refractivity contribution is 5.89. The number of carbonyl (C=O) groups is 1. The van der Waals surface area contributed by atoms with Crippen molar-refractivity contribution < 1.29 is 4.79 Å². The SMILES string of the molecule is Cc1nc(N)nc(N)c1-c1ccc(CNC(=O)Nc2cccc(C#N)c2)cc1. The number of aromatic nitrogens is 2. The summed E-state index contributed by atoms with van der Waals surface area (Å²) < 4.78 is 0. The van der Waals surface area contributed by atoms with E-state index in [-0.39, 0.29) is 12.0 Å². The van der Waals surface area contributed by atoms with Crippen molar-refractivity contribution in [3.8, 4) is 17.2 Å². The molecule has 0 aliphatic rings. The number of aryl methyl sites for hydroxylation is 1. The lowest BCUT2D eigenvalue weighted by atomic mass is 10.0. The fourth-order valence-electron chi connectivity index (χ4n) is 2.79. The number of amides is 2. The Morgan fingerprint density at radius 2 is 1.89 bits per heavy atom. The third-order valence-electron chi connectivity index (χ3n) is 4.08. The maximum Gasteiger partial charge on any atom is 0.319 e. The number of hydrogen-bond donors (Lipinski definition) is 4. The van der Waals surface area contributed by atoms with E-state index >= 15 is 0 Å². The fourth-order valence-corrected chi connectivity index (χ4v) is 2.79. The van der Waals surface area contributed by atoms with E-state index in [0.29, 0.717) is 29.3 Å². The van der Waals surface area contributed by atoms with Gasteiger partial charge in [0.05, 0.1) is 17.3 Å². The van der Waals surface area contributed by atoms with Crippen LogP contribution in [0.4, 0.5) is 22.2 Å². The molecule has 1 heterocycles. The molecule has 0 saturated heterocycles. The van der Waals surface area contributed by atoms with Gasteiger partial charge in [-0.2, -0.15) is 10.2 Å². The van der Waals surface area contributed by atoms with E-state index in [9.17, 15) is 4.79 Å². The highest BCUT2D eigenvalue weighted by Crippen LogP contribution is 2.27. The monoisotopic (exact) mass is 373 g/mol. The Morgan fingerprint density at radius 1 is 1.14 bits per heavy atom. The highest BCUT2D eigenvalue weighted by atomic mass is 16.2. The molecule has 28 heavy (non-hydrogen) atoms. The molecular weight excluding hydrogens is 354 g/mol. The van der Waals surface area contributed by atoms with Crippen molar-refractivity contribution >= 4 is 23.5 Å². The number of hydrogen-bond acceptors (Lipinski definition) is 6. The Hall–Kier alpha value is -4.12. The fraction of sp³-hybridized carbons (Fsp3) is 0.100. The second kappa shape index (κ2) is 8.05. The molecule has 0 saturated carbocycles. The molecule has 1 aromatic heterocycles. The maximum atomic E-state index is 12.0. The average molecular weight is 373 g/mol. The summed E-state index contributed by atoms with van der Waals surface area (Å²) in [6.45, 7) is 2.17. The third kappa shape index (κ3) is 4.34. The summed E-state index contributed by atoms with van der Waals surface area (Å²) in [4.78, 5) is 20.2. The van der Waals surface area contributed by atoms with Crippen LogP contribution in [0, 0.1) is 18.3 Å². The normalized spacial score (nSPS) is 10.1. The molecular formula is C20H19N7O.